The van der Waals surface area contributed by atoms with Crippen molar-refractivity contribution in [2.24, 2.45) is 0 Å². The van der Waals surface area contributed by atoms with Crippen LogP contribution in [0.2, 0.25) is 5.02 Å². The van der Waals surface area contributed by atoms with Gasteiger partial charge in [-0.3, -0.25) is 9.78 Å². The molecule has 2 aromatic heterocycles. The second kappa shape index (κ2) is 7.52. The molecular weight excluding hydrogens is 326 g/mol. The quantitative estimate of drug-likeness (QED) is 0.746. The molecule has 0 radical (unpaired) electrons. The number of nitrogens with zero attached hydrogens (tertiary/aromatic N) is 3. The van der Waals surface area contributed by atoms with Crippen LogP contribution in [-0.2, 0) is 6.54 Å². The molecule has 0 bridgehead atoms. The second-order valence-electron chi connectivity index (χ2n) is 4.94. The zero-order chi connectivity index (χ0) is 16.8. The van der Waals surface area contributed by atoms with Crippen molar-refractivity contribution in [2.75, 3.05) is 5.32 Å². The van der Waals surface area contributed by atoms with Crippen LogP contribution in [0, 0.1) is 0 Å². The Kier molecular flexibility index (Phi) is 4.98. The number of carbonyl (C=O) groups excluding carboxylic acids is 1. The Morgan fingerprint density at radius 3 is 2.54 bits per heavy atom. The standard InChI is InChI=1S/C17H14ClN5O/c18-14-5-1-2-6-15(14)23-17-21-10-13(11-22-17)16(24)20-9-12-4-3-7-19-8-12/h1-8,10-11H,9H2,(H,20,24)(H,21,22,23). The zero-order valence-electron chi connectivity index (χ0n) is 12.6. The summed E-state index contributed by atoms with van der Waals surface area (Å²) in [6, 6.07) is 11.0. The van der Waals surface area contributed by atoms with E-state index >= 15 is 0 Å². The Labute approximate surface area is 143 Å². The van der Waals surface area contributed by atoms with Crippen LogP contribution >= 0.6 is 11.6 Å². The maximum absolute atomic E-state index is 12.1. The van der Waals surface area contributed by atoms with Crippen molar-refractivity contribution in [3.05, 3.63) is 77.3 Å². The summed E-state index contributed by atoms with van der Waals surface area (Å²) in [6.07, 6.45) is 6.31. The number of benzene rings is 1. The summed E-state index contributed by atoms with van der Waals surface area (Å²) >= 11 is 6.07. The van der Waals surface area contributed by atoms with Crippen molar-refractivity contribution in [3.8, 4) is 0 Å². The monoisotopic (exact) mass is 339 g/mol. The topological polar surface area (TPSA) is 79.8 Å². The maximum Gasteiger partial charge on any atom is 0.254 e. The van der Waals surface area contributed by atoms with E-state index in [0.29, 0.717) is 28.8 Å². The Bertz CT molecular complexity index is 824. The molecule has 1 amide bonds. The molecule has 0 spiro atoms. The molecule has 0 unspecified atom stereocenters. The molecule has 1 aromatic carbocycles. The third-order valence-corrected chi connectivity index (χ3v) is 3.54. The van der Waals surface area contributed by atoms with Gasteiger partial charge in [-0.25, -0.2) is 9.97 Å². The summed E-state index contributed by atoms with van der Waals surface area (Å²) in [4.78, 5) is 24.4. The highest BCUT2D eigenvalue weighted by Gasteiger charge is 2.08. The molecule has 0 atom stereocenters. The average molecular weight is 340 g/mol. The molecule has 0 aliphatic carbocycles. The van der Waals surface area contributed by atoms with Crippen molar-refractivity contribution in [1.29, 1.82) is 0 Å². The summed E-state index contributed by atoms with van der Waals surface area (Å²) in [6.45, 7) is 0.395. The number of aromatic nitrogens is 3. The third-order valence-electron chi connectivity index (χ3n) is 3.21. The van der Waals surface area contributed by atoms with Crippen molar-refractivity contribution < 1.29 is 4.79 Å². The van der Waals surface area contributed by atoms with Gasteiger partial charge in [-0.2, -0.15) is 0 Å². The van der Waals surface area contributed by atoms with Crippen LogP contribution in [0.5, 0.6) is 0 Å². The smallest absolute Gasteiger partial charge is 0.254 e. The highest BCUT2D eigenvalue weighted by molar-refractivity contribution is 6.33. The highest BCUT2D eigenvalue weighted by Crippen LogP contribution is 2.22. The van der Waals surface area contributed by atoms with Crippen molar-refractivity contribution in [2.45, 2.75) is 6.54 Å². The lowest BCUT2D eigenvalue weighted by molar-refractivity contribution is 0.0950. The Hall–Kier alpha value is -2.99. The van der Waals surface area contributed by atoms with Gasteiger partial charge in [0.2, 0.25) is 5.95 Å². The first-order valence-electron chi connectivity index (χ1n) is 7.23. The molecule has 0 aliphatic rings. The average Bonchev–Trinajstić information content (AvgIpc) is 2.63. The van der Waals surface area contributed by atoms with Crippen LogP contribution in [0.3, 0.4) is 0 Å². The van der Waals surface area contributed by atoms with Gasteiger partial charge in [-0.15, -0.1) is 0 Å². The molecule has 0 saturated carbocycles. The van der Waals surface area contributed by atoms with Gasteiger partial charge in [-0.05, 0) is 23.8 Å². The van der Waals surface area contributed by atoms with E-state index in [2.05, 4.69) is 25.6 Å². The first-order chi connectivity index (χ1) is 11.7. The van der Waals surface area contributed by atoms with Crippen LogP contribution in [0.4, 0.5) is 11.6 Å². The van der Waals surface area contributed by atoms with E-state index in [9.17, 15) is 4.79 Å². The minimum Gasteiger partial charge on any atom is -0.348 e. The number of para-hydroxylation sites is 1. The number of halogens is 1. The van der Waals surface area contributed by atoms with E-state index in [0.717, 1.165) is 5.56 Å². The fourth-order valence-corrected chi connectivity index (χ4v) is 2.16. The van der Waals surface area contributed by atoms with Crippen LogP contribution in [0.25, 0.3) is 0 Å². The van der Waals surface area contributed by atoms with Gasteiger partial charge in [0.1, 0.15) is 0 Å². The number of amides is 1. The van der Waals surface area contributed by atoms with Gasteiger partial charge in [0, 0.05) is 31.3 Å². The molecule has 6 nitrogen and oxygen atoms in total. The SMILES string of the molecule is O=C(NCc1cccnc1)c1cnc(Nc2ccccc2Cl)nc1. The predicted octanol–water partition coefficient (Wildman–Crippen LogP) is 3.20. The van der Waals surface area contributed by atoms with Crippen LogP contribution in [0.15, 0.2) is 61.2 Å². The third kappa shape index (κ3) is 4.05. The number of pyridine rings is 1. The van der Waals surface area contributed by atoms with Crippen LogP contribution in [-0.4, -0.2) is 20.9 Å². The van der Waals surface area contributed by atoms with E-state index in [1.165, 1.54) is 12.4 Å². The van der Waals surface area contributed by atoms with E-state index in [-0.39, 0.29) is 5.91 Å². The Balaban J connectivity index is 1.61. The lowest BCUT2D eigenvalue weighted by Crippen LogP contribution is -2.23. The van der Waals surface area contributed by atoms with Crippen LogP contribution < -0.4 is 10.6 Å². The van der Waals surface area contributed by atoms with E-state index in [1.807, 2.05) is 30.3 Å². The molecule has 120 valence electrons. The van der Waals surface area contributed by atoms with Gasteiger partial charge in [-0.1, -0.05) is 29.8 Å². The molecular formula is C17H14ClN5O. The first kappa shape index (κ1) is 15.9. The fourth-order valence-electron chi connectivity index (χ4n) is 1.98. The number of nitrogens with one attached hydrogen (secondary N) is 2. The van der Waals surface area contributed by atoms with Crippen LogP contribution in [0.1, 0.15) is 15.9 Å². The number of rotatable bonds is 5. The van der Waals surface area contributed by atoms with Crippen molar-refractivity contribution in [3.63, 3.8) is 0 Å². The molecule has 3 rings (SSSR count). The largest absolute Gasteiger partial charge is 0.348 e. The molecule has 0 saturated heterocycles. The second-order valence-corrected chi connectivity index (χ2v) is 5.35. The number of hydrogen-bond acceptors (Lipinski definition) is 5. The molecule has 0 aliphatic heterocycles. The Morgan fingerprint density at radius 2 is 1.83 bits per heavy atom. The number of hydrogen-bond donors (Lipinski definition) is 2. The molecule has 2 N–H and O–H groups in total. The predicted molar refractivity (Wildman–Crippen MR) is 92.2 cm³/mol. The summed E-state index contributed by atoms with van der Waals surface area (Å²) in [7, 11) is 0. The zero-order valence-corrected chi connectivity index (χ0v) is 13.4. The van der Waals surface area contributed by atoms with E-state index in [4.69, 9.17) is 11.6 Å². The van der Waals surface area contributed by atoms with Crippen molar-refractivity contribution in [1.82, 2.24) is 20.3 Å². The fraction of sp³-hybridized carbons (Fsp3) is 0.0588. The van der Waals surface area contributed by atoms with Gasteiger partial charge < -0.3 is 10.6 Å². The highest BCUT2D eigenvalue weighted by atomic mass is 35.5. The maximum atomic E-state index is 12.1. The summed E-state index contributed by atoms with van der Waals surface area (Å²) in [5.41, 5.74) is 2.00. The summed E-state index contributed by atoms with van der Waals surface area (Å²) in [5.74, 6) is 0.120. The van der Waals surface area contributed by atoms with Gasteiger partial charge in [0.15, 0.2) is 0 Å². The minimum atomic E-state index is -0.247. The molecule has 2 heterocycles. The van der Waals surface area contributed by atoms with Crippen molar-refractivity contribution >= 4 is 29.1 Å². The number of carbonyl (C=O) groups is 1. The Morgan fingerprint density at radius 1 is 1.04 bits per heavy atom. The van der Waals surface area contributed by atoms with Gasteiger partial charge >= 0.3 is 0 Å². The van der Waals surface area contributed by atoms with Gasteiger partial charge in [0.05, 0.1) is 16.3 Å². The first-order valence-corrected chi connectivity index (χ1v) is 7.61. The summed E-state index contributed by atoms with van der Waals surface area (Å²) in [5, 5.41) is 6.36. The lowest BCUT2D eigenvalue weighted by atomic mass is 10.2. The van der Waals surface area contributed by atoms with E-state index < -0.39 is 0 Å². The van der Waals surface area contributed by atoms with E-state index in [1.54, 1.807) is 18.5 Å². The molecule has 3 aromatic rings. The molecule has 0 fully saturated rings. The normalized spacial score (nSPS) is 10.2. The number of anilines is 2. The van der Waals surface area contributed by atoms with Gasteiger partial charge in [0.25, 0.3) is 5.91 Å². The molecule has 7 heteroatoms. The summed E-state index contributed by atoms with van der Waals surface area (Å²) < 4.78 is 0. The lowest BCUT2D eigenvalue weighted by Gasteiger charge is -2.07. The molecule has 24 heavy (non-hydrogen) atoms. The minimum absolute atomic E-state index is 0.247.